The maximum Gasteiger partial charge on any atom is 0.108 e. The molecule has 9 heavy (non-hydrogen) atoms. The summed E-state index contributed by atoms with van der Waals surface area (Å²) in [5.74, 6) is 0. The van der Waals surface area contributed by atoms with Crippen LogP contribution in [0, 0.1) is 0 Å². The van der Waals surface area contributed by atoms with Gasteiger partial charge in [-0.1, -0.05) is 0 Å². The van der Waals surface area contributed by atoms with Crippen LogP contribution in [0.5, 0.6) is 0 Å². The van der Waals surface area contributed by atoms with Crippen LogP contribution in [0.1, 0.15) is 6.92 Å². The molecule has 0 saturated carbocycles. The zero-order valence-electron chi connectivity index (χ0n) is 5.23. The second kappa shape index (κ2) is 3.79. The third-order valence-electron chi connectivity index (χ3n) is 1.08. The fourth-order valence-corrected chi connectivity index (χ4v) is 0.429. The van der Waals surface area contributed by atoms with Crippen molar-refractivity contribution in [3.05, 3.63) is 0 Å². The fourth-order valence-electron chi connectivity index (χ4n) is 0.429. The number of rotatable bonds is 3. The van der Waals surface area contributed by atoms with Crippen LogP contribution in [-0.4, -0.2) is 45.3 Å². The molecule has 4 N–H and O–H groups in total. The molecule has 0 heterocycles. The monoisotopic (exact) mass is 136 g/mol. The Hall–Kier alpha value is -0.160. The lowest BCUT2D eigenvalue weighted by Gasteiger charge is -2.17. The second-order valence-electron chi connectivity index (χ2n) is 1.98. The summed E-state index contributed by atoms with van der Waals surface area (Å²) >= 11 is 0. The van der Waals surface area contributed by atoms with Gasteiger partial charge in [0.25, 0.3) is 0 Å². The number of aliphatic hydroxyl groups excluding tert-OH is 4. The summed E-state index contributed by atoms with van der Waals surface area (Å²) in [5.41, 5.74) is 0. The van der Waals surface area contributed by atoms with E-state index in [9.17, 15) is 0 Å². The van der Waals surface area contributed by atoms with Crippen molar-refractivity contribution in [3.63, 3.8) is 0 Å². The quantitative estimate of drug-likeness (QED) is 0.364. The van der Waals surface area contributed by atoms with E-state index in [1.165, 1.54) is 6.92 Å². The van der Waals surface area contributed by atoms with E-state index in [0.717, 1.165) is 0 Å². The average Bonchev–Trinajstić information content (AvgIpc) is 1.84. The van der Waals surface area contributed by atoms with Gasteiger partial charge in [-0.25, -0.2) is 0 Å². The molecule has 0 fully saturated rings. The third kappa shape index (κ3) is 2.76. The van der Waals surface area contributed by atoms with Crippen LogP contribution in [0.25, 0.3) is 0 Å². The molecule has 0 aromatic heterocycles. The van der Waals surface area contributed by atoms with E-state index in [0.29, 0.717) is 0 Å². The summed E-state index contributed by atoms with van der Waals surface area (Å²) in [6.07, 6.45) is -3.51. The molecule has 0 spiro atoms. The second-order valence-corrected chi connectivity index (χ2v) is 1.98. The Balaban J connectivity index is 3.58. The first-order valence-electron chi connectivity index (χ1n) is 2.74. The van der Waals surface area contributed by atoms with Crippen LogP contribution < -0.4 is 0 Å². The Labute approximate surface area is 53.4 Å². The molecular formula is C5H12O4. The summed E-state index contributed by atoms with van der Waals surface area (Å²) < 4.78 is 0. The molecule has 56 valence electrons. The minimum atomic E-state index is -1.25. The standard InChI is InChI=1S/C5H12O4/c1-3(7)5(9)4(8)2-6/h3-9H,2H2,1H3/t3-,4?,5+/m1/s1. The van der Waals surface area contributed by atoms with Gasteiger partial charge in [0.2, 0.25) is 0 Å². The first-order chi connectivity index (χ1) is 4.09. The molecule has 0 aliphatic rings. The van der Waals surface area contributed by atoms with Gasteiger partial charge >= 0.3 is 0 Å². The van der Waals surface area contributed by atoms with Gasteiger partial charge in [-0.2, -0.15) is 0 Å². The molecular weight excluding hydrogens is 124 g/mol. The summed E-state index contributed by atoms with van der Waals surface area (Å²) in [5, 5.41) is 34.2. The molecule has 0 bridgehead atoms. The largest absolute Gasteiger partial charge is 0.394 e. The molecule has 0 aromatic rings. The molecule has 0 saturated heterocycles. The summed E-state index contributed by atoms with van der Waals surface area (Å²) in [6, 6.07) is 0. The summed E-state index contributed by atoms with van der Waals surface area (Å²) in [7, 11) is 0. The predicted molar refractivity (Wildman–Crippen MR) is 30.8 cm³/mol. The van der Waals surface area contributed by atoms with Crippen molar-refractivity contribution in [2.45, 2.75) is 25.2 Å². The van der Waals surface area contributed by atoms with Gasteiger partial charge in [-0.15, -0.1) is 0 Å². The smallest absolute Gasteiger partial charge is 0.108 e. The first kappa shape index (κ1) is 8.84. The highest BCUT2D eigenvalue weighted by Crippen LogP contribution is 1.97. The van der Waals surface area contributed by atoms with E-state index in [1.807, 2.05) is 0 Å². The van der Waals surface area contributed by atoms with Crippen LogP contribution >= 0.6 is 0 Å². The third-order valence-corrected chi connectivity index (χ3v) is 1.08. The van der Waals surface area contributed by atoms with E-state index < -0.39 is 24.9 Å². The maximum atomic E-state index is 8.73. The van der Waals surface area contributed by atoms with Crippen LogP contribution in [0.3, 0.4) is 0 Å². The van der Waals surface area contributed by atoms with Gasteiger partial charge in [-0.3, -0.25) is 0 Å². The van der Waals surface area contributed by atoms with Crippen LogP contribution in [0.4, 0.5) is 0 Å². The Morgan fingerprint density at radius 1 is 1.22 bits per heavy atom. The minimum Gasteiger partial charge on any atom is -0.394 e. The highest BCUT2D eigenvalue weighted by atomic mass is 16.4. The van der Waals surface area contributed by atoms with Crippen LogP contribution in [-0.2, 0) is 0 Å². The zero-order valence-corrected chi connectivity index (χ0v) is 5.23. The normalized spacial score (nSPS) is 21.0. The predicted octanol–water partition coefficient (Wildman–Crippen LogP) is -1.92. The zero-order chi connectivity index (χ0) is 7.44. The molecule has 1 unspecified atom stereocenters. The summed E-state index contributed by atoms with van der Waals surface area (Å²) in [4.78, 5) is 0. The van der Waals surface area contributed by atoms with E-state index in [1.54, 1.807) is 0 Å². The molecule has 3 atom stereocenters. The molecule has 0 aromatic carbocycles. The average molecular weight is 136 g/mol. The molecule has 4 nitrogen and oxygen atoms in total. The maximum absolute atomic E-state index is 8.73. The topological polar surface area (TPSA) is 80.9 Å². The van der Waals surface area contributed by atoms with E-state index in [4.69, 9.17) is 20.4 Å². The molecule has 0 amide bonds. The lowest BCUT2D eigenvalue weighted by Crippen LogP contribution is -2.37. The highest BCUT2D eigenvalue weighted by molar-refractivity contribution is 4.70. The van der Waals surface area contributed by atoms with Gasteiger partial charge in [0, 0.05) is 0 Å². The number of aliphatic hydroxyl groups is 4. The summed E-state index contributed by atoms with van der Waals surface area (Å²) in [6.45, 7) is 0.801. The van der Waals surface area contributed by atoms with Crippen molar-refractivity contribution in [1.29, 1.82) is 0 Å². The van der Waals surface area contributed by atoms with Gasteiger partial charge in [-0.05, 0) is 6.92 Å². The minimum absolute atomic E-state index is 0.536. The number of hydrogen-bond donors (Lipinski definition) is 4. The highest BCUT2D eigenvalue weighted by Gasteiger charge is 2.19. The van der Waals surface area contributed by atoms with E-state index in [-0.39, 0.29) is 0 Å². The van der Waals surface area contributed by atoms with Crippen LogP contribution in [0.15, 0.2) is 0 Å². The van der Waals surface area contributed by atoms with Gasteiger partial charge < -0.3 is 20.4 Å². The molecule has 4 heteroatoms. The molecule has 0 aliphatic heterocycles. The van der Waals surface area contributed by atoms with E-state index in [2.05, 4.69) is 0 Å². The fraction of sp³-hybridized carbons (Fsp3) is 1.00. The molecule has 0 rings (SSSR count). The van der Waals surface area contributed by atoms with Crippen molar-refractivity contribution in [1.82, 2.24) is 0 Å². The van der Waals surface area contributed by atoms with Crippen molar-refractivity contribution in [3.8, 4) is 0 Å². The lowest BCUT2D eigenvalue weighted by atomic mass is 10.1. The van der Waals surface area contributed by atoms with Gasteiger partial charge in [0.05, 0.1) is 12.7 Å². The van der Waals surface area contributed by atoms with E-state index >= 15 is 0 Å². The van der Waals surface area contributed by atoms with Crippen molar-refractivity contribution in [2.24, 2.45) is 0 Å². The molecule has 0 radical (unpaired) electrons. The number of hydrogen-bond acceptors (Lipinski definition) is 4. The molecule has 0 aliphatic carbocycles. The van der Waals surface area contributed by atoms with Crippen molar-refractivity contribution < 1.29 is 20.4 Å². The SMILES string of the molecule is C[C@@H](O)[C@H](O)C(O)CO. The van der Waals surface area contributed by atoms with Crippen LogP contribution in [0.2, 0.25) is 0 Å². The lowest BCUT2D eigenvalue weighted by molar-refractivity contribution is -0.0698. The first-order valence-corrected chi connectivity index (χ1v) is 2.74. The van der Waals surface area contributed by atoms with Gasteiger partial charge in [0.15, 0.2) is 0 Å². The Morgan fingerprint density at radius 3 is 1.78 bits per heavy atom. The Bertz CT molecular complexity index is 73.4. The van der Waals surface area contributed by atoms with Crippen molar-refractivity contribution >= 4 is 0 Å². The van der Waals surface area contributed by atoms with Crippen molar-refractivity contribution in [2.75, 3.05) is 6.61 Å². The Kier molecular flexibility index (Phi) is 3.72. The Morgan fingerprint density at radius 2 is 1.67 bits per heavy atom. The van der Waals surface area contributed by atoms with Gasteiger partial charge in [0.1, 0.15) is 12.2 Å².